The summed E-state index contributed by atoms with van der Waals surface area (Å²) in [6.07, 6.45) is 1.75. The van der Waals surface area contributed by atoms with Crippen LogP contribution in [0.5, 0.6) is 0 Å². The van der Waals surface area contributed by atoms with Gasteiger partial charge in [-0.25, -0.2) is 4.79 Å². The van der Waals surface area contributed by atoms with Crippen LogP contribution in [0, 0.1) is 0 Å². The van der Waals surface area contributed by atoms with Crippen molar-refractivity contribution in [3.63, 3.8) is 0 Å². The van der Waals surface area contributed by atoms with Gasteiger partial charge < -0.3 is 9.64 Å². The Bertz CT molecular complexity index is 477. The standard InChI is InChI=1S/C16H26N2O2S/c1-11(2)18-8-6-12-10-14(21-13(12)7-9-18)17-15(19)20-16(3,4)5/h10-11H,6-9H2,1-5H3,(H,17,19). The Hall–Kier alpha value is -1.07. The predicted octanol–water partition coefficient (Wildman–Crippen LogP) is 3.90. The van der Waals surface area contributed by atoms with E-state index in [0.717, 1.165) is 30.9 Å². The third-order valence-corrected chi connectivity index (χ3v) is 4.70. The molecule has 0 bridgehead atoms. The van der Waals surface area contributed by atoms with E-state index >= 15 is 0 Å². The lowest BCUT2D eigenvalue weighted by Crippen LogP contribution is -2.33. The van der Waals surface area contributed by atoms with Gasteiger partial charge in [-0.15, -0.1) is 11.3 Å². The van der Waals surface area contributed by atoms with Crippen molar-refractivity contribution in [1.29, 1.82) is 0 Å². The van der Waals surface area contributed by atoms with Crippen LogP contribution in [0.15, 0.2) is 6.07 Å². The molecule has 5 heteroatoms. The quantitative estimate of drug-likeness (QED) is 0.900. The molecule has 0 aliphatic carbocycles. The lowest BCUT2D eigenvalue weighted by Gasteiger charge is -2.24. The van der Waals surface area contributed by atoms with Crippen LogP contribution in [0.25, 0.3) is 0 Å². The second kappa shape index (κ2) is 6.36. The van der Waals surface area contributed by atoms with E-state index in [4.69, 9.17) is 4.74 Å². The summed E-state index contributed by atoms with van der Waals surface area (Å²) >= 11 is 1.68. The molecule has 1 amide bonds. The minimum absolute atomic E-state index is 0.372. The summed E-state index contributed by atoms with van der Waals surface area (Å²) in [6, 6.07) is 2.70. The van der Waals surface area contributed by atoms with E-state index in [0.29, 0.717) is 6.04 Å². The molecule has 21 heavy (non-hydrogen) atoms. The highest BCUT2D eigenvalue weighted by Gasteiger charge is 2.20. The fraction of sp³-hybridized carbons (Fsp3) is 0.688. The molecule has 1 aliphatic heterocycles. The molecular formula is C16H26N2O2S. The van der Waals surface area contributed by atoms with Crippen LogP contribution in [0.2, 0.25) is 0 Å². The number of hydrogen-bond donors (Lipinski definition) is 1. The number of carbonyl (C=O) groups is 1. The zero-order valence-corrected chi connectivity index (χ0v) is 14.5. The Labute approximate surface area is 131 Å². The number of hydrogen-bond acceptors (Lipinski definition) is 4. The topological polar surface area (TPSA) is 41.6 Å². The van der Waals surface area contributed by atoms with Crippen molar-refractivity contribution in [2.45, 2.75) is 59.1 Å². The lowest BCUT2D eigenvalue weighted by molar-refractivity contribution is 0.0636. The highest BCUT2D eigenvalue weighted by atomic mass is 32.1. The number of fused-ring (bicyclic) bond motifs is 1. The van der Waals surface area contributed by atoms with Crippen molar-refractivity contribution < 1.29 is 9.53 Å². The zero-order valence-electron chi connectivity index (χ0n) is 13.7. The van der Waals surface area contributed by atoms with Crippen molar-refractivity contribution in [2.24, 2.45) is 0 Å². The van der Waals surface area contributed by atoms with Crippen molar-refractivity contribution in [2.75, 3.05) is 18.4 Å². The Balaban J connectivity index is 1.98. The van der Waals surface area contributed by atoms with E-state index in [1.807, 2.05) is 20.8 Å². The van der Waals surface area contributed by atoms with Gasteiger partial charge in [0.15, 0.2) is 0 Å². The monoisotopic (exact) mass is 310 g/mol. The van der Waals surface area contributed by atoms with Gasteiger partial charge in [-0.2, -0.15) is 0 Å². The van der Waals surface area contributed by atoms with Gasteiger partial charge in [-0.05, 0) is 59.1 Å². The molecule has 1 N–H and O–H groups in total. The maximum absolute atomic E-state index is 11.8. The summed E-state index contributed by atoms with van der Waals surface area (Å²) in [5.41, 5.74) is 0.908. The van der Waals surface area contributed by atoms with Crippen LogP contribution in [0.3, 0.4) is 0 Å². The largest absolute Gasteiger partial charge is 0.444 e. The number of thiophene rings is 1. The van der Waals surface area contributed by atoms with E-state index in [9.17, 15) is 4.79 Å². The maximum Gasteiger partial charge on any atom is 0.412 e. The first-order valence-corrected chi connectivity index (χ1v) is 8.42. The fourth-order valence-electron chi connectivity index (χ4n) is 2.49. The fourth-order valence-corrected chi connectivity index (χ4v) is 3.58. The number of carbonyl (C=O) groups excluding carboxylic acids is 1. The summed E-state index contributed by atoms with van der Waals surface area (Å²) < 4.78 is 5.30. The molecule has 0 aromatic carbocycles. The highest BCUT2D eigenvalue weighted by molar-refractivity contribution is 7.16. The minimum atomic E-state index is -0.462. The summed E-state index contributed by atoms with van der Waals surface area (Å²) in [7, 11) is 0. The summed E-state index contributed by atoms with van der Waals surface area (Å²) in [5.74, 6) is 0. The number of anilines is 1. The van der Waals surface area contributed by atoms with Crippen LogP contribution in [-0.4, -0.2) is 35.7 Å². The molecule has 4 nitrogen and oxygen atoms in total. The SMILES string of the molecule is CC(C)N1CCc2cc(NC(=O)OC(C)(C)C)sc2CC1. The predicted molar refractivity (Wildman–Crippen MR) is 88.3 cm³/mol. The molecule has 0 spiro atoms. The second-order valence-electron chi connectivity index (χ2n) is 6.82. The van der Waals surface area contributed by atoms with Crippen molar-refractivity contribution >= 4 is 22.4 Å². The van der Waals surface area contributed by atoms with Gasteiger partial charge in [0.25, 0.3) is 0 Å². The van der Waals surface area contributed by atoms with Gasteiger partial charge in [0.05, 0.1) is 5.00 Å². The molecule has 0 saturated carbocycles. The molecule has 0 atom stereocenters. The first-order valence-electron chi connectivity index (χ1n) is 7.60. The van der Waals surface area contributed by atoms with Crippen molar-refractivity contribution in [3.05, 3.63) is 16.5 Å². The van der Waals surface area contributed by atoms with Crippen LogP contribution >= 0.6 is 11.3 Å². The molecule has 0 saturated heterocycles. The highest BCUT2D eigenvalue weighted by Crippen LogP contribution is 2.30. The van der Waals surface area contributed by atoms with E-state index in [-0.39, 0.29) is 6.09 Å². The Morgan fingerprint density at radius 3 is 2.62 bits per heavy atom. The molecule has 2 heterocycles. The number of ether oxygens (including phenoxy) is 1. The third kappa shape index (κ3) is 4.71. The van der Waals surface area contributed by atoms with Crippen LogP contribution in [-0.2, 0) is 17.6 Å². The Morgan fingerprint density at radius 1 is 1.33 bits per heavy atom. The normalized spacial score (nSPS) is 16.5. The molecular weight excluding hydrogens is 284 g/mol. The van der Waals surface area contributed by atoms with Crippen molar-refractivity contribution in [1.82, 2.24) is 4.90 Å². The third-order valence-electron chi connectivity index (χ3n) is 3.55. The molecule has 0 fully saturated rings. The molecule has 1 aliphatic rings. The smallest absolute Gasteiger partial charge is 0.412 e. The average Bonchev–Trinajstić information content (AvgIpc) is 2.57. The summed E-state index contributed by atoms with van der Waals surface area (Å²) in [4.78, 5) is 15.7. The molecule has 0 radical (unpaired) electrons. The molecule has 1 aromatic heterocycles. The number of nitrogens with one attached hydrogen (secondary N) is 1. The molecule has 118 valence electrons. The van der Waals surface area contributed by atoms with Crippen LogP contribution < -0.4 is 5.32 Å². The van der Waals surface area contributed by atoms with E-state index < -0.39 is 5.60 Å². The first kappa shape index (κ1) is 16.3. The van der Waals surface area contributed by atoms with E-state index in [2.05, 4.69) is 30.1 Å². The van der Waals surface area contributed by atoms with Gasteiger partial charge in [-0.1, -0.05) is 0 Å². The van der Waals surface area contributed by atoms with Crippen LogP contribution in [0.1, 0.15) is 45.1 Å². The Kier molecular flexibility index (Phi) is 4.94. The second-order valence-corrected chi connectivity index (χ2v) is 7.95. The van der Waals surface area contributed by atoms with Gasteiger partial charge in [0.1, 0.15) is 5.60 Å². The average molecular weight is 310 g/mol. The minimum Gasteiger partial charge on any atom is -0.444 e. The van der Waals surface area contributed by atoms with E-state index in [1.165, 1.54) is 10.4 Å². The Morgan fingerprint density at radius 2 is 2.00 bits per heavy atom. The molecule has 0 unspecified atom stereocenters. The summed E-state index contributed by atoms with van der Waals surface area (Å²) in [5, 5.41) is 3.75. The maximum atomic E-state index is 11.8. The van der Waals surface area contributed by atoms with Crippen LogP contribution in [0.4, 0.5) is 9.80 Å². The van der Waals surface area contributed by atoms with Gasteiger partial charge in [0, 0.05) is 24.0 Å². The first-order chi connectivity index (χ1) is 9.74. The van der Waals surface area contributed by atoms with Gasteiger partial charge in [0.2, 0.25) is 0 Å². The molecule has 1 aromatic rings. The number of nitrogens with zero attached hydrogens (tertiary/aromatic N) is 1. The zero-order chi connectivity index (χ0) is 15.6. The lowest BCUT2D eigenvalue weighted by atomic mass is 10.2. The van der Waals surface area contributed by atoms with Crippen molar-refractivity contribution in [3.8, 4) is 0 Å². The van der Waals surface area contributed by atoms with Gasteiger partial charge >= 0.3 is 6.09 Å². The van der Waals surface area contributed by atoms with Gasteiger partial charge in [-0.3, -0.25) is 5.32 Å². The number of rotatable bonds is 2. The van der Waals surface area contributed by atoms with E-state index in [1.54, 1.807) is 11.3 Å². The summed E-state index contributed by atoms with van der Waals surface area (Å²) in [6.45, 7) is 12.3. The number of amides is 1. The molecule has 2 rings (SSSR count).